The molecule has 2 aliphatic rings. The van der Waals surface area contributed by atoms with Crippen molar-refractivity contribution >= 4 is 5.82 Å². The van der Waals surface area contributed by atoms with Crippen molar-refractivity contribution in [3.05, 3.63) is 12.3 Å². The standard InChI is InChI=1S/C13H23N5/c14-13(5-2-1-3-6-13)10-16-12-4-7-17-18(12)11-8-15-9-11/h4,7,11,15-16H,1-3,5-6,8-10,14H2. The van der Waals surface area contributed by atoms with Gasteiger partial charge in [-0.05, 0) is 12.8 Å². The third kappa shape index (κ3) is 2.37. The van der Waals surface area contributed by atoms with E-state index in [-0.39, 0.29) is 5.54 Å². The number of hydrogen-bond acceptors (Lipinski definition) is 4. The number of hydrogen-bond donors (Lipinski definition) is 3. The Morgan fingerprint density at radius 2 is 2.17 bits per heavy atom. The minimum atomic E-state index is -0.0226. The van der Waals surface area contributed by atoms with Gasteiger partial charge in [0.05, 0.1) is 12.2 Å². The molecule has 5 heteroatoms. The number of nitrogens with two attached hydrogens (primary N) is 1. The van der Waals surface area contributed by atoms with E-state index >= 15 is 0 Å². The first-order valence-electron chi connectivity index (χ1n) is 7.04. The maximum absolute atomic E-state index is 6.44. The minimum absolute atomic E-state index is 0.0226. The Morgan fingerprint density at radius 1 is 1.39 bits per heavy atom. The highest BCUT2D eigenvalue weighted by molar-refractivity contribution is 5.35. The van der Waals surface area contributed by atoms with Gasteiger partial charge in [0.25, 0.3) is 0 Å². The molecule has 2 heterocycles. The van der Waals surface area contributed by atoms with Gasteiger partial charge < -0.3 is 16.4 Å². The van der Waals surface area contributed by atoms with Gasteiger partial charge in [0.2, 0.25) is 0 Å². The zero-order valence-corrected chi connectivity index (χ0v) is 10.9. The first kappa shape index (κ1) is 12.0. The van der Waals surface area contributed by atoms with E-state index in [1.807, 2.05) is 12.3 Å². The molecule has 1 aliphatic heterocycles. The summed E-state index contributed by atoms with van der Waals surface area (Å²) in [6.45, 7) is 2.90. The summed E-state index contributed by atoms with van der Waals surface area (Å²) in [4.78, 5) is 0. The van der Waals surface area contributed by atoms with E-state index in [9.17, 15) is 0 Å². The first-order valence-corrected chi connectivity index (χ1v) is 7.04. The van der Waals surface area contributed by atoms with E-state index in [0.717, 1.165) is 38.3 Å². The lowest BCUT2D eigenvalue weighted by molar-refractivity contribution is 0.305. The van der Waals surface area contributed by atoms with Crippen molar-refractivity contribution in [2.24, 2.45) is 5.73 Å². The molecule has 0 aromatic carbocycles. The highest BCUT2D eigenvalue weighted by atomic mass is 15.4. The van der Waals surface area contributed by atoms with Crippen LogP contribution < -0.4 is 16.4 Å². The van der Waals surface area contributed by atoms with E-state index < -0.39 is 0 Å². The number of rotatable bonds is 4. The van der Waals surface area contributed by atoms with Crippen molar-refractivity contribution in [3.8, 4) is 0 Å². The molecule has 1 aromatic rings. The van der Waals surface area contributed by atoms with Crippen molar-refractivity contribution in [1.29, 1.82) is 0 Å². The second kappa shape index (κ2) is 4.90. The molecule has 5 nitrogen and oxygen atoms in total. The molecule has 3 rings (SSSR count). The fraction of sp³-hybridized carbons (Fsp3) is 0.769. The zero-order chi connectivity index (χ0) is 12.4. The van der Waals surface area contributed by atoms with Crippen molar-refractivity contribution in [1.82, 2.24) is 15.1 Å². The van der Waals surface area contributed by atoms with E-state index in [1.54, 1.807) is 0 Å². The summed E-state index contributed by atoms with van der Waals surface area (Å²) in [6, 6.07) is 2.55. The Morgan fingerprint density at radius 3 is 2.83 bits per heavy atom. The number of nitrogens with one attached hydrogen (secondary N) is 2. The molecule has 0 spiro atoms. The molecule has 4 N–H and O–H groups in total. The molecule has 1 saturated carbocycles. The second-order valence-corrected chi connectivity index (χ2v) is 5.75. The SMILES string of the molecule is NC1(CNc2ccnn2C2CNC2)CCCCC1. The fourth-order valence-electron chi connectivity index (χ4n) is 2.89. The van der Waals surface area contributed by atoms with Crippen LogP contribution in [0.4, 0.5) is 5.82 Å². The van der Waals surface area contributed by atoms with Crippen LogP contribution in [0.15, 0.2) is 12.3 Å². The lowest BCUT2D eigenvalue weighted by Gasteiger charge is -2.34. The number of nitrogens with zero attached hydrogens (tertiary/aromatic N) is 2. The average molecular weight is 249 g/mol. The van der Waals surface area contributed by atoms with Crippen LogP contribution in [0.5, 0.6) is 0 Å². The van der Waals surface area contributed by atoms with Crippen LogP contribution in [-0.4, -0.2) is 35.0 Å². The molecule has 0 unspecified atom stereocenters. The van der Waals surface area contributed by atoms with Crippen LogP contribution in [0.2, 0.25) is 0 Å². The lowest BCUT2D eigenvalue weighted by atomic mass is 9.82. The highest BCUT2D eigenvalue weighted by Crippen LogP contribution is 2.26. The normalized spacial score (nSPS) is 23.6. The van der Waals surface area contributed by atoms with Gasteiger partial charge in [-0.3, -0.25) is 0 Å². The van der Waals surface area contributed by atoms with Crippen LogP contribution >= 0.6 is 0 Å². The van der Waals surface area contributed by atoms with E-state index in [0.29, 0.717) is 6.04 Å². The molecule has 0 amide bonds. The summed E-state index contributed by atoms with van der Waals surface area (Å²) in [5, 5.41) is 11.2. The van der Waals surface area contributed by atoms with Gasteiger partial charge in [-0.15, -0.1) is 0 Å². The van der Waals surface area contributed by atoms with Crippen LogP contribution in [0.25, 0.3) is 0 Å². The van der Waals surface area contributed by atoms with E-state index in [4.69, 9.17) is 5.73 Å². The molecular weight excluding hydrogens is 226 g/mol. The molecule has 1 saturated heterocycles. The second-order valence-electron chi connectivity index (χ2n) is 5.75. The predicted molar refractivity (Wildman–Crippen MR) is 72.6 cm³/mol. The van der Waals surface area contributed by atoms with Crippen LogP contribution in [0.3, 0.4) is 0 Å². The molecule has 0 radical (unpaired) electrons. The summed E-state index contributed by atoms with van der Waals surface area (Å²) in [5.41, 5.74) is 6.42. The molecule has 0 bridgehead atoms. The maximum Gasteiger partial charge on any atom is 0.124 e. The molecule has 1 aromatic heterocycles. The van der Waals surface area contributed by atoms with Crippen LogP contribution in [0, 0.1) is 0 Å². The van der Waals surface area contributed by atoms with Gasteiger partial charge in [0.1, 0.15) is 5.82 Å². The zero-order valence-electron chi connectivity index (χ0n) is 10.9. The van der Waals surface area contributed by atoms with E-state index in [2.05, 4.69) is 20.4 Å². The Kier molecular flexibility index (Phi) is 3.26. The summed E-state index contributed by atoms with van der Waals surface area (Å²) in [6.07, 6.45) is 8.02. The van der Waals surface area contributed by atoms with Crippen molar-refractivity contribution < 1.29 is 0 Å². The number of anilines is 1. The smallest absolute Gasteiger partial charge is 0.124 e. The van der Waals surface area contributed by atoms with Crippen molar-refractivity contribution in [2.45, 2.75) is 43.7 Å². The Bertz CT molecular complexity index is 390. The summed E-state index contributed by atoms with van der Waals surface area (Å²) in [5.74, 6) is 1.11. The molecule has 100 valence electrons. The van der Waals surface area contributed by atoms with Gasteiger partial charge in [-0.25, -0.2) is 4.68 Å². The van der Waals surface area contributed by atoms with Gasteiger partial charge in [-0.1, -0.05) is 19.3 Å². The summed E-state index contributed by atoms with van der Waals surface area (Å²) >= 11 is 0. The molecule has 0 atom stereocenters. The van der Waals surface area contributed by atoms with Gasteiger partial charge in [0.15, 0.2) is 0 Å². The summed E-state index contributed by atoms with van der Waals surface area (Å²) < 4.78 is 2.09. The molecule has 18 heavy (non-hydrogen) atoms. The number of aromatic nitrogens is 2. The van der Waals surface area contributed by atoms with Crippen molar-refractivity contribution in [2.75, 3.05) is 25.0 Å². The Hall–Kier alpha value is -1.07. The summed E-state index contributed by atoms with van der Waals surface area (Å²) in [7, 11) is 0. The topological polar surface area (TPSA) is 67.9 Å². The molecule has 2 fully saturated rings. The lowest BCUT2D eigenvalue weighted by Crippen LogP contribution is -2.48. The minimum Gasteiger partial charge on any atom is -0.368 e. The first-order chi connectivity index (χ1) is 8.77. The third-order valence-corrected chi connectivity index (χ3v) is 4.25. The fourth-order valence-corrected chi connectivity index (χ4v) is 2.89. The maximum atomic E-state index is 6.44. The van der Waals surface area contributed by atoms with Gasteiger partial charge >= 0.3 is 0 Å². The Labute approximate surface area is 108 Å². The third-order valence-electron chi connectivity index (χ3n) is 4.25. The molecular formula is C13H23N5. The Balaban J connectivity index is 1.60. The largest absolute Gasteiger partial charge is 0.368 e. The van der Waals surface area contributed by atoms with Gasteiger partial charge in [-0.2, -0.15) is 5.10 Å². The van der Waals surface area contributed by atoms with Crippen molar-refractivity contribution in [3.63, 3.8) is 0 Å². The van der Waals surface area contributed by atoms with Gasteiger partial charge in [0, 0.05) is 31.2 Å². The monoisotopic (exact) mass is 249 g/mol. The van der Waals surface area contributed by atoms with Crippen LogP contribution in [-0.2, 0) is 0 Å². The van der Waals surface area contributed by atoms with Crippen LogP contribution in [0.1, 0.15) is 38.1 Å². The predicted octanol–water partition coefficient (Wildman–Crippen LogP) is 1.10. The highest BCUT2D eigenvalue weighted by Gasteiger charge is 2.28. The average Bonchev–Trinajstić information content (AvgIpc) is 2.74. The van der Waals surface area contributed by atoms with E-state index in [1.165, 1.54) is 19.3 Å². The quantitative estimate of drug-likeness (QED) is 0.747. The molecule has 1 aliphatic carbocycles.